The molecule has 0 aromatic rings. The molecule has 0 bridgehead atoms. The maximum absolute atomic E-state index is 11.4. The Morgan fingerprint density at radius 2 is 1.77 bits per heavy atom. The SMILES string of the molecule is COC(=O)C1=C([Si](C)(C)C)C1(C)C. The highest BCUT2D eigenvalue weighted by atomic mass is 28.3. The number of rotatable bonds is 2. The van der Waals surface area contributed by atoms with Crippen LogP contribution in [0.25, 0.3) is 0 Å². The van der Waals surface area contributed by atoms with Gasteiger partial charge in [0.25, 0.3) is 0 Å². The third kappa shape index (κ3) is 1.57. The van der Waals surface area contributed by atoms with Crippen LogP contribution in [0.5, 0.6) is 0 Å². The van der Waals surface area contributed by atoms with Crippen molar-refractivity contribution in [3.05, 3.63) is 10.8 Å². The van der Waals surface area contributed by atoms with Gasteiger partial charge < -0.3 is 4.74 Å². The summed E-state index contributed by atoms with van der Waals surface area (Å²) in [6, 6.07) is 0. The van der Waals surface area contributed by atoms with Crippen LogP contribution in [0, 0.1) is 5.41 Å². The predicted octanol–water partition coefficient (Wildman–Crippen LogP) is 2.37. The molecule has 74 valence electrons. The Kier molecular flexibility index (Phi) is 2.19. The summed E-state index contributed by atoms with van der Waals surface area (Å²) >= 11 is 0. The smallest absolute Gasteiger partial charge is 0.334 e. The maximum Gasteiger partial charge on any atom is 0.334 e. The number of hydrogen-bond acceptors (Lipinski definition) is 2. The van der Waals surface area contributed by atoms with E-state index in [9.17, 15) is 4.79 Å². The predicted molar refractivity (Wildman–Crippen MR) is 56.2 cm³/mol. The number of hydrogen-bond donors (Lipinski definition) is 0. The van der Waals surface area contributed by atoms with E-state index in [0.29, 0.717) is 0 Å². The van der Waals surface area contributed by atoms with Crippen molar-refractivity contribution in [2.45, 2.75) is 33.5 Å². The second-order valence-corrected chi connectivity index (χ2v) is 10.1. The number of carbonyl (C=O) groups excluding carboxylic acids is 1. The molecule has 1 aliphatic carbocycles. The Morgan fingerprint density at radius 3 is 2.00 bits per heavy atom. The van der Waals surface area contributed by atoms with Crippen LogP contribution in [0.1, 0.15) is 13.8 Å². The van der Waals surface area contributed by atoms with Gasteiger partial charge in [-0.2, -0.15) is 0 Å². The van der Waals surface area contributed by atoms with Gasteiger partial charge in [0.15, 0.2) is 0 Å². The third-order valence-corrected chi connectivity index (χ3v) is 4.95. The molecule has 0 aliphatic heterocycles. The summed E-state index contributed by atoms with van der Waals surface area (Å²) in [6.45, 7) is 11.0. The Bertz CT molecular complexity index is 282. The lowest BCUT2D eigenvalue weighted by molar-refractivity contribution is -0.136. The van der Waals surface area contributed by atoms with Gasteiger partial charge in [0.1, 0.15) is 0 Å². The first-order valence-electron chi connectivity index (χ1n) is 4.57. The number of esters is 1. The van der Waals surface area contributed by atoms with E-state index in [4.69, 9.17) is 4.74 Å². The molecule has 0 unspecified atom stereocenters. The fraction of sp³-hybridized carbons (Fsp3) is 0.700. The van der Waals surface area contributed by atoms with E-state index >= 15 is 0 Å². The standard InChI is InChI=1S/C10H18O2Si/c1-10(2)7(9(11)12-3)8(10)13(4,5)6/h1-6H3. The Morgan fingerprint density at radius 1 is 1.31 bits per heavy atom. The summed E-state index contributed by atoms with van der Waals surface area (Å²) in [6.07, 6.45) is 0. The first-order chi connectivity index (χ1) is 5.73. The monoisotopic (exact) mass is 198 g/mol. The van der Waals surface area contributed by atoms with E-state index in [-0.39, 0.29) is 11.4 Å². The molecule has 0 radical (unpaired) electrons. The quantitative estimate of drug-likeness (QED) is 0.503. The fourth-order valence-electron chi connectivity index (χ4n) is 2.24. The van der Waals surface area contributed by atoms with Crippen molar-refractivity contribution in [1.82, 2.24) is 0 Å². The minimum absolute atomic E-state index is 0.0115. The van der Waals surface area contributed by atoms with E-state index < -0.39 is 8.07 Å². The zero-order valence-electron chi connectivity index (χ0n) is 9.32. The average molecular weight is 198 g/mol. The second-order valence-electron chi connectivity index (χ2n) is 5.12. The van der Waals surface area contributed by atoms with Crippen LogP contribution < -0.4 is 0 Å². The van der Waals surface area contributed by atoms with E-state index in [0.717, 1.165) is 5.57 Å². The lowest BCUT2D eigenvalue weighted by Gasteiger charge is -2.15. The molecule has 0 amide bonds. The van der Waals surface area contributed by atoms with Crippen LogP contribution in [0.4, 0.5) is 0 Å². The van der Waals surface area contributed by atoms with Crippen molar-refractivity contribution in [2.75, 3.05) is 7.11 Å². The van der Waals surface area contributed by atoms with E-state index in [1.54, 1.807) is 0 Å². The molecule has 1 aliphatic rings. The van der Waals surface area contributed by atoms with Crippen molar-refractivity contribution in [3.63, 3.8) is 0 Å². The highest BCUT2D eigenvalue weighted by Gasteiger charge is 2.54. The van der Waals surface area contributed by atoms with Gasteiger partial charge in [0, 0.05) is 11.0 Å². The molecule has 0 aromatic carbocycles. The topological polar surface area (TPSA) is 26.3 Å². The molecule has 0 fully saturated rings. The normalized spacial score (nSPS) is 20.2. The van der Waals surface area contributed by atoms with Crippen molar-refractivity contribution in [2.24, 2.45) is 5.41 Å². The first kappa shape index (κ1) is 10.5. The third-order valence-electron chi connectivity index (χ3n) is 2.58. The molecule has 2 nitrogen and oxygen atoms in total. The van der Waals surface area contributed by atoms with Crippen LogP contribution in [0.2, 0.25) is 19.6 Å². The summed E-state index contributed by atoms with van der Waals surface area (Å²) in [4.78, 5) is 11.4. The summed E-state index contributed by atoms with van der Waals surface area (Å²) in [5.74, 6) is -0.137. The number of ether oxygens (including phenoxy) is 1. The summed E-state index contributed by atoms with van der Waals surface area (Å²) < 4.78 is 4.76. The molecular formula is C10H18O2Si. The van der Waals surface area contributed by atoms with Crippen LogP contribution in [-0.2, 0) is 9.53 Å². The Labute approximate surface area is 81.0 Å². The van der Waals surface area contributed by atoms with Gasteiger partial charge in [-0.25, -0.2) is 4.79 Å². The van der Waals surface area contributed by atoms with Gasteiger partial charge in [-0.3, -0.25) is 0 Å². The van der Waals surface area contributed by atoms with E-state index in [1.807, 2.05) is 0 Å². The average Bonchev–Trinajstić information content (AvgIpc) is 2.51. The fourth-order valence-corrected chi connectivity index (χ4v) is 5.34. The van der Waals surface area contributed by atoms with Crippen LogP contribution >= 0.6 is 0 Å². The molecule has 0 spiro atoms. The zero-order chi connectivity index (χ0) is 10.4. The molecule has 0 N–H and O–H groups in total. The molecule has 13 heavy (non-hydrogen) atoms. The Hall–Kier alpha value is -0.573. The molecule has 0 atom stereocenters. The van der Waals surface area contributed by atoms with Crippen LogP contribution in [0.3, 0.4) is 0 Å². The van der Waals surface area contributed by atoms with E-state index in [1.165, 1.54) is 12.3 Å². The molecule has 0 saturated carbocycles. The van der Waals surface area contributed by atoms with Crippen LogP contribution in [-0.4, -0.2) is 21.2 Å². The van der Waals surface area contributed by atoms with E-state index in [2.05, 4.69) is 33.5 Å². The van der Waals surface area contributed by atoms with Gasteiger partial charge in [-0.05, 0) is 0 Å². The van der Waals surface area contributed by atoms with Gasteiger partial charge >= 0.3 is 5.97 Å². The molecule has 3 heteroatoms. The molecular weight excluding hydrogens is 180 g/mol. The van der Waals surface area contributed by atoms with Crippen LogP contribution in [0.15, 0.2) is 10.8 Å². The minimum atomic E-state index is -1.32. The van der Waals surface area contributed by atoms with Gasteiger partial charge in [0.05, 0.1) is 15.2 Å². The zero-order valence-corrected chi connectivity index (χ0v) is 10.3. The van der Waals surface area contributed by atoms with Gasteiger partial charge in [-0.15, -0.1) is 0 Å². The number of carbonyl (C=O) groups is 1. The van der Waals surface area contributed by atoms with Gasteiger partial charge in [0.2, 0.25) is 0 Å². The summed E-state index contributed by atoms with van der Waals surface area (Å²) in [7, 11) is 0.128. The first-order valence-corrected chi connectivity index (χ1v) is 8.07. The second kappa shape index (κ2) is 2.71. The van der Waals surface area contributed by atoms with Crippen molar-refractivity contribution in [3.8, 4) is 0 Å². The van der Waals surface area contributed by atoms with Crippen molar-refractivity contribution in [1.29, 1.82) is 0 Å². The highest BCUT2D eigenvalue weighted by Crippen LogP contribution is 2.56. The highest BCUT2D eigenvalue weighted by molar-refractivity contribution is 6.85. The van der Waals surface area contributed by atoms with Crippen molar-refractivity contribution < 1.29 is 9.53 Å². The number of allylic oxidation sites excluding steroid dienone is 1. The lowest BCUT2D eigenvalue weighted by Crippen LogP contribution is -2.22. The number of methoxy groups -OCH3 is 1. The maximum atomic E-state index is 11.4. The molecule has 0 saturated heterocycles. The Balaban J connectivity index is 2.97. The summed E-state index contributed by atoms with van der Waals surface area (Å²) in [5.41, 5.74) is 0.937. The lowest BCUT2D eigenvalue weighted by atomic mass is 10.1. The summed E-state index contributed by atoms with van der Waals surface area (Å²) in [5, 5.41) is 1.37. The van der Waals surface area contributed by atoms with Crippen molar-refractivity contribution >= 4 is 14.0 Å². The molecule has 1 rings (SSSR count). The molecule has 0 aromatic heterocycles. The van der Waals surface area contributed by atoms with Gasteiger partial charge in [-0.1, -0.05) is 38.7 Å². The molecule has 0 heterocycles. The minimum Gasteiger partial charge on any atom is -0.466 e. The largest absolute Gasteiger partial charge is 0.466 e.